The number of nitrogens with one attached hydrogen (secondary N) is 1. The molecule has 1 unspecified atom stereocenters. The van der Waals surface area contributed by atoms with Gasteiger partial charge in [-0.25, -0.2) is 4.98 Å². The maximum atomic E-state index is 9.47. The molecule has 1 fully saturated rings. The molecule has 1 aliphatic heterocycles. The van der Waals surface area contributed by atoms with E-state index in [2.05, 4.69) is 41.2 Å². The minimum absolute atomic E-state index is 0.222. The molecule has 0 bridgehead atoms. The predicted molar refractivity (Wildman–Crippen MR) is 82.9 cm³/mol. The fourth-order valence-electron chi connectivity index (χ4n) is 2.69. The highest BCUT2D eigenvalue weighted by Gasteiger charge is 2.22. The van der Waals surface area contributed by atoms with Crippen molar-refractivity contribution in [2.24, 2.45) is 5.92 Å². The van der Waals surface area contributed by atoms with Gasteiger partial charge >= 0.3 is 0 Å². The van der Waals surface area contributed by atoms with Gasteiger partial charge in [-0.2, -0.15) is 0 Å². The number of nitrogens with zero attached hydrogens (tertiary/aromatic N) is 2. The molecule has 4 heteroatoms. The van der Waals surface area contributed by atoms with Crippen molar-refractivity contribution in [2.45, 2.75) is 45.7 Å². The summed E-state index contributed by atoms with van der Waals surface area (Å²) in [6, 6.07) is 4.46. The summed E-state index contributed by atoms with van der Waals surface area (Å²) in [6.07, 6.45) is 5.41. The monoisotopic (exact) mass is 277 g/mol. The van der Waals surface area contributed by atoms with Crippen molar-refractivity contribution in [1.82, 2.24) is 10.3 Å². The summed E-state index contributed by atoms with van der Waals surface area (Å²) in [5.41, 5.74) is 1.21. The number of aliphatic hydroxyl groups is 1. The number of rotatable bonds is 6. The van der Waals surface area contributed by atoms with Gasteiger partial charge in [0.15, 0.2) is 0 Å². The zero-order chi connectivity index (χ0) is 14.4. The van der Waals surface area contributed by atoms with Gasteiger partial charge in [0.05, 0.1) is 12.6 Å². The first kappa shape index (κ1) is 15.3. The van der Waals surface area contributed by atoms with Gasteiger partial charge in [0.25, 0.3) is 0 Å². The SMILES string of the molecule is CC(C)CNCc1ccc(N2CCCCC2CO)nc1. The molecule has 2 N–H and O–H groups in total. The number of anilines is 1. The van der Waals surface area contributed by atoms with Gasteiger partial charge in [-0.15, -0.1) is 0 Å². The van der Waals surface area contributed by atoms with Crippen molar-refractivity contribution in [2.75, 3.05) is 24.6 Å². The minimum Gasteiger partial charge on any atom is -0.394 e. The van der Waals surface area contributed by atoms with Crippen LogP contribution in [0, 0.1) is 5.92 Å². The third-order valence-corrected chi connectivity index (χ3v) is 3.82. The Bertz CT molecular complexity index is 391. The quantitative estimate of drug-likeness (QED) is 0.837. The molecule has 112 valence electrons. The second kappa shape index (κ2) is 7.60. The molecule has 0 saturated carbocycles. The highest BCUT2D eigenvalue weighted by atomic mass is 16.3. The van der Waals surface area contributed by atoms with Crippen LogP contribution in [-0.2, 0) is 6.54 Å². The third kappa shape index (κ3) is 4.18. The van der Waals surface area contributed by atoms with E-state index >= 15 is 0 Å². The number of hydrogen-bond acceptors (Lipinski definition) is 4. The fraction of sp³-hybridized carbons (Fsp3) is 0.688. The molecule has 1 aromatic rings. The Morgan fingerprint density at radius 3 is 2.90 bits per heavy atom. The van der Waals surface area contributed by atoms with Crippen LogP contribution in [0.25, 0.3) is 0 Å². The molecule has 1 aromatic heterocycles. The molecule has 0 spiro atoms. The van der Waals surface area contributed by atoms with Crippen LogP contribution in [-0.4, -0.2) is 35.8 Å². The summed E-state index contributed by atoms with van der Waals surface area (Å²) in [5.74, 6) is 1.66. The van der Waals surface area contributed by atoms with Crippen LogP contribution in [0.3, 0.4) is 0 Å². The van der Waals surface area contributed by atoms with Gasteiger partial charge < -0.3 is 15.3 Å². The molecular formula is C16H27N3O. The summed E-state index contributed by atoms with van der Waals surface area (Å²) in [6.45, 7) is 7.54. The zero-order valence-electron chi connectivity index (χ0n) is 12.7. The third-order valence-electron chi connectivity index (χ3n) is 3.82. The maximum absolute atomic E-state index is 9.47. The van der Waals surface area contributed by atoms with E-state index in [0.29, 0.717) is 5.92 Å². The van der Waals surface area contributed by atoms with Crippen molar-refractivity contribution in [3.8, 4) is 0 Å². The molecule has 0 amide bonds. The Balaban J connectivity index is 1.93. The van der Waals surface area contributed by atoms with Gasteiger partial charge in [-0.3, -0.25) is 0 Å². The molecule has 0 aromatic carbocycles. The highest BCUT2D eigenvalue weighted by molar-refractivity contribution is 5.41. The highest BCUT2D eigenvalue weighted by Crippen LogP contribution is 2.22. The molecule has 20 heavy (non-hydrogen) atoms. The van der Waals surface area contributed by atoms with Crippen molar-refractivity contribution >= 4 is 5.82 Å². The van der Waals surface area contributed by atoms with E-state index in [1.54, 1.807) is 0 Å². The molecule has 4 nitrogen and oxygen atoms in total. The lowest BCUT2D eigenvalue weighted by Crippen LogP contribution is -2.42. The Morgan fingerprint density at radius 1 is 1.40 bits per heavy atom. The number of pyridine rings is 1. The Hall–Kier alpha value is -1.13. The fourth-order valence-corrected chi connectivity index (χ4v) is 2.69. The van der Waals surface area contributed by atoms with Gasteiger partial charge in [0.2, 0.25) is 0 Å². The zero-order valence-corrected chi connectivity index (χ0v) is 12.7. The average molecular weight is 277 g/mol. The van der Waals surface area contributed by atoms with Gasteiger partial charge in [0.1, 0.15) is 5.82 Å². The number of aliphatic hydroxyl groups excluding tert-OH is 1. The maximum Gasteiger partial charge on any atom is 0.128 e. The lowest BCUT2D eigenvalue weighted by molar-refractivity contribution is 0.239. The molecule has 2 rings (SSSR count). The van der Waals surface area contributed by atoms with Crippen molar-refractivity contribution in [3.63, 3.8) is 0 Å². The van der Waals surface area contributed by atoms with Crippen LogP contribution in [0.5, 0.6) is 0 Å². The molecule has 1 atom stereocenters. The molecule has 1 saturated heterocycles. The first-order chi connectivity index (χ1) is 9.70. The number of piperidine rings is 1. The van der Waals surface area contributed by atoms with Crippen LogP contribution in [0.1, 0.15) is 38.7 Å². The van der Waals surface area contributed by atoms with E-state index in [0.717, 1.165) is 31.9 Å². The van der Waals surface area contributed by atoms with Crippen LogP contribution >= 0.6 is 0 Å². The lowest BCUT2D eigenvalue weighted by atomic mass is 10.0. The first-order valence-corrected chi connectivity index (χ1v) is 7.74. The minimum atomic E-state index is 0.222. The van der Waals surface area contributed by atoms with E-state index in [1.807, 2.05) is 6.20 Å². The van der Waals surface area contributed by atoms with Crippen LogP contribution in [0.2, 0.25) is 0 Å². The molecule has 2 heterocycles. The largest absolute Gasteiger partial charge is 0.394 e. The van der Waals surface area contributed by atoms with Crippen LogP contribution in [0.4, 0.5) is 5.82 Å². The predicted octanol–water partition coefficient (Wildman–Crippen LogP) is 2.18. The van der Waals surface area contributed by atoms with E-state index in [9.17, 15) is 5.11 Å². The molecular weight excluding hydrogens is 250 g/mol. The average Bonchev–Trinajstić information content (AvgIpc) is 2.47. The standard InChI is InChI=1S/C16H27N3O/c1-13(2)9-17-10-14-6-7-16(18-11-14)19-8-4-3-5-15(19)12-20/h6-7,11,13,15,17,20H,3-5,8-10,12H2,1-2H3. The molecule has 1 aliphatic rings. The first-order valence-electron chi connectivity index (χ1n) is 7.74. The van der Waals surface area contributed by atoms with Crippen molar-refractivity contribution < 1.29 is 5.11 Å². The summed E-state index contributed by atoms with van der Waals surface area (Å²) in [4.78, 5) is 6.82. The Morgan fingerprint density at radius 2 is 2.25 bits per heavy atom. The second-order valence-electron chi connectivity index (χ2n) is 6.07. The smallest absolute Gasteiger partial charge is 0.128 e. The van der Waals surface area contributed by atoms with Gasteiger partial charge in [-0.1, -0.05) is 19.9 Å². The molecule has 0 aliphatic carbocycles. The Kier molecular flexibility index (Phi) is 5.80. The topological polar surface area (TPSA) is 48.4 Å². The van der Waals surface area contributed by atoms with E-state index in [1.165, 1.54) is 18.4 Å². The van der Waals surface area contributed by atoms with Gasteiger partial charge in [-0.05, 0) is 43.4 Å². The van der Waals surface area contributed by atoms with Gasteiger partial charge in [0, 0.05) is 19.3 Å². The number of aromatic nitrogens is 1. The Labute approximate surface area is 122 Å². The summed E-state index contributed by atoms with van der Waals surface area (Å²) >= 11 is 0. The lowest BCUT2D eigenvalue weighted by Gasteiger charge is -2.35. The van der Waals surface area contributed by atoms with E-state index < -0.39 is 0 Å². The van der Waals surface area contributed by atoms with E-state index in [4.69, 9.17) is 0 Å². The normalized spacial score (nSPS) is 19.6. The van der Waals surface area contributed by atoms with Crippen molar-refractivity contribution in [1.29, 1.82) is 0 Å². The van der Waals surface area contributed by atoms with Crippen LogP contribution in [0.15, 0.2) is 18.3 Å². The number of hydrogen-bond donors (Lipinski definition) is 2. The van der Waals surface area contributed by atoms with Crippen molar-refractivity contribution in [3.05, 3.63) is 23.9 Å². The summed E-state index contributed by atoms with van der Waals surface area (Å²) < 4.78 is 0. The molecule has 0 radical (unpaired) electrons. The summed E-state index contributed by atoms with van der Waals surface area (Å²) in [7, 11) is 0. The van der Waals surface area contributed by atoms with E-state index in [-0.39, 0.29) is 12.6 Å². The van der Waals surface area contributed by atoms with Crippen LogP contribution < -0.4 is 10.2 Å². The summed E-state index contributed by atoms with van der Waals surface area (Å²) in [5, 5.41) is 12.9. The second-order valence-corrected chi connectivity index (χ2v) is 6.07.